The normalized spacial score (nSPS) is 17.9. The van der Waals surface area contributed by atoms with E-state index in [-0.39, 0.29) is 12.5 Å². The van der Waals surface area contributed by atoms with Crippen molar-refractivity contribution in [3.63, 3.8) is 0 Å². The van der Waals surface area contributed by atoms with Crippen LogP contribution >= 0.6 is 0 Å². The van der Waals surface area contributed by atoms with Gasteiger partial charge < -0.3 is 21.5 Å². The van der Waals surface area contributed by atoms with Crippen LogP contribution in [0.3, 0.4) is 0 Å². The Morgan fingerprint density at radius 2 is 1.89 bits per heavy atom. The predicted molar refractivity (Wildman–Crippen MR) is 63.7 cm³/mol. The van der Waals surface area contributed by atoms with E-state index < -0.39 is 29.4 Å². The predicted octanol–water partition coefficient (Wildman–Crippen LogP) is -0.340. The van der Waals surface area contributed by atoms with Crippen LogP contribution in [0.15, 0.2) is 0 Å². The molecule has 0 radical (unpaired) electrons. The molecule has 0 aromatic heterocycles. The summed E-state index contributed by atoms with van der Waals surface area (Å²) in [5.74, 6) is -1.43. The van der Waals surface area contributed by atoms with Gasteiger partial charge in [-0.3, -0.25) is 9.59 Å². The van der Waals surface area contributed by atoms with Crippen molar-refractivity contribution in [1.82, 2.24) is 10.6 Å². The Kier molecular flexibility index (Phi) is 4.15. The number of nitrogens with one attached hydrogen (secondary N) is 2. The van der Waals surface area contributed by atoms with E-state index in [4.69, 9.17) is 10.8 Å². The van der Waals surface area contributed by atoms with Gasteiger partial charge in [-0.25, -0.2) is 4.79 Å². The fraction of sp³-hybridized carbons (Fsp3) is 0.727. The number of nitrogens with two attached hydrogens (primary N) is 1. The number of hydrogen-bond acceptors (Lipinski definition) is 3. The molecule has 0 aliphatic heterocycles. The molecule has 1 saturated carbocycles. The van der Waals surface area contributed by atoms with Crippen molar-refractivity contribution in [1.29, 1.82) is 0 Å². The number of urea groups is 1. The van der Waals surface area contributed by atoms with E-state index in [0.29, 0.717) is 12.8 Å². The molecule has 7 nitrogen and oxygen atoms in total. The first-order valence-corrected chi connectivity index (χ1v) is 5.85. The average molecular weight is 257 g/mol. The summed E-state index contributed by atoms with van der Waals surface area (Å²) in [4.78, 5) is 33.6. The summed E-state index contributed by atoms with van der Waals surface area (Å²) < 4.78 is 0. The summed E-state index contributed by atoms with van der Waals surface area (Å²) >= 11 is 0. The topological polar surface area (TPSA) is 122 Å². The molecule has 0 aromatic carbocycles. The Morgan fingerprint density at radius 1 is 1.33 bits per heavy atom. The van der Waals surface area contributed by atoms with E-state index in [1.807, 2.05) is 0 Å². The monoisotopic (exact) mass is 257 g/mol. The van der Waals surface area contributed by atoms with Crippen LogP contribution in [0.4, 0.5) is 4.79 Å². The number of carboxylic acids is 1. The lowest BCUT2D eigenvalue weighted by atomic mass is 10.0. The standard InChI is InChI=1S/C11H19N3O4/c1-6(2)7(14-10(12)18)8(15)13-5-11(3-4-11)9(16)17/h6-7H,3-5H2,1-2H3,(H,13,15)(H,16,17)(H3,12,14,18). The number of aliphatic carboxylic acids is 1. The summed E-state index contributed by atoms with van der Waals surface area (Å²) in [5.41, 5.74) is 4.17. The Labute approximate surface area is 105 Å². The van der Waals surface area contributed by atoms with E-state index >= 15 is 0 Å². The van der Waals surface area contributed by atoms with Crippen LogP contribution in [-0.4, -0.2) is 35.6 Å². The first-order valence-electron chi connectivity index (χ1n) is 5.85. The van der Waals surface area contributed by atoms with Crippen molar-refractivity contribution in [2.75, 3.05) is 6.54 Å². The van der Waals surface area contributed by atoms with Crippen LogP contribution in [0, 0.1) is 11.3 Å². The quantitative estimate of drug-likeness (QED) is 0.520. The number of amides is 3. The molecule has 1 aliphatic rings. The summed E-state index contributed by atoms with van der Waals surface area (Å²) in [5, 5.41) is 13.9. The summed E-state index contributed by atoms with van der Waals surface area (Å²) in [6, 6.07) is -1.52. The second-order valence-corrected chi connectivity index (χ2v) is 5.03. The van der Waals surface area contributed by atoms with Gasteiger partial charge >= 0.3 is 12.0 Å². The van der Waals surface area contributed by atoms with E-state index in [1.54, 1.807) is 13.8 Å². The second-order valence-electron chi connectivity index (χ2n) is 5.03. The van der Waals surface area contributed by atoms with Gasteiger partial charge in [-0.2, -0.15) is 0 Å². The van der Waals surface area contributed by atoms with Crippen LogP contribution in [0.5, 0.6) is 0 Å². The molecule has 102 valence electrons. The number of primary amides is 1. The number of rotatable bonds is 6. The van der Waals surface area contributed by atoms with Crippen LogP contribution < -0.4 is 16.4 Å². The van der Waals surface area contributed by atoms with E-state index in [0.717, 1.165) is 0 Å². The molecule has 0 saturated heterocycles. The molecule has 0 spiro atoms. The second kappa shape index (κ2) is 5.24. The minimum atomic E-state index is -0.897. The molecule has 0 heterocycles. The highest BCUT2D eigenvalue weighted by Crippen LogP contribution is 2.45. The van der Waals surface area contributed by atoms with E-state index in [9.17, 15) is 14.4 Å². The van der Waals surface area contributed by atoms with Gasteiger partial charge in [-0.15, -0.1) is 0 Å². The van der Waals surface area contributed by atoms with Crippen molar-refractivity contribution in [3.8, 4) is 0 Å². The number of carboxylic acid groups (broad SMARTS) is 1. The fourth-order valence-electron chi connectivity index (χ4n) is 1.67. The molecule has 3 amide bonds. The van der Waals surface area contributed by atoms with Crippen LogP contribution in [0.1, 0.15) is 26.7 Å². The number of carbonyl (C=O) groups is 3. The fourth-order valence-corrected chi connectivity index (χ4v) is 1.67. The van der Waals surface area contributed by atoms with Crippen LogP contribution in [0.25, 0.3) is 0 Å². The highest BCUT2D eigenvalue weighted by molar-refractivity contribution is 5.87. The lowest BCUT2D eigenvalue weighted by Gasteiger charge is -2.21. The molecule has 1 fully saturated rings. The zero-order valence-electron chi connectivity index (χ0n) is 10.5. The Morgan fingerprint density at radius 3 is 2.22 bits per heavy atom. The molecule has 0 bridgehead atoms. The van der Waals surface area contributed by atoms with Crippen LogP contribution in [-0.2, 0) is 9.59 Å². The van der Waals surface area contributed by atoms with Crippen molar-refractivity contribution >= 4 is 17.9 Å². The highest BCUT2D eigenvalue weighted by Gasteiger charge is 2.50. The first kappa shape index (κ1) is 14.3. The zero-order chi connectivity index (χ0) is 13.9. The Hall–Kier alpha value is -1.79. The molecule has 0 aromatic rings. The van der Waals surface area contributed by atoms with Gasteiger partial charge in [0.2, 0.25) is 5.91 Å². The molecule has 1 rings (SSSR count). The van der Waals surface area contributed by atoms with Crippen molar-refractivity contribution in [2.45, 2.75) is 32.7 Å². The SMILES string of the molecule is CC(C)C(NC(N)=O)C(=O)NCC1(C(=O)O)CC1. The zero-order valence-corrected chi connectivity index (χ0v) is 10.5. The lowest BCUT2D eigenvalue weighted by Crippen LogP contribution is -2.52. The highest BCUT2D eigenvalue weighted by atomic mass is 16.4. The summed E-state index contributed by atoms with van der Waals surface area (Å²) in [6.07, 6.45) is 1.14. The van der Waals surface area contributed by atoms with Crippen molar-refractivity contribution < 1.29 is 19.5 Å². The van der Waals surface area contributed by atoms with Gasteiger partial charge in [0, 0.05) is 6.54 Å². The largest absolute Gasteiger partial charge is 0.481 e. The van der Waals surface area contributed by atoms with Gasteiger partial charge in [-0.1, -0.05) is 13.8 Å². The maximum atomic E-state index is 11.8. The molecular formula is C11H19N3O4. The Balaban J connectivity index is 2.52. The van der Waals surface area contributed by atoms with Gasteiger partial charge in [0.15, 0.2) is 0 Å². The molecule has 1 atom stereocenters. The van der Waals surface area contributed by atoms with E-state index in [1.165, 1.54) is 0 Å². The van der Waals surface area contributed by atoms with Gasteiger partial charge in [0.1, 0.15) is 6.04 Å². The van der Waals surface area contributed by atoms with E-state index in [2.05, 4.69) is 10.6 Å². The average Bonchev–Trinajstić information content (AvgIpc) is 3.03. The lowest BCUT2D eigenvalue weighted by molar-refractivity contribution is -0.143. The third kappa shape index (κ3) is 3.35. The molecule has 1 unspecified atom stereocenters. The first-order chi connectivity index (χ1) is 8.28. The van der Waals surface area contributed by atoms with Gasteiger partial charge in [0.05, 0.1) is 5.41 Å². The number of carbonyl (C=O) groups excluding carboxylic acids is 2. The summed E-state index contributed by atoms with van der Waals surface area (Å²) in [7, 11) is 0. The van der Waals surface area contributed by atoms with Gasteiger partial charge in [0.25, 0.3) is 0 Å². The van der Waals surface area contributed by atoms with Crippen LogP contribution in [0.2, 0.25) is 0 Å². The molecule has 7 heteroatoms. The maximum Gasteiger partial charge on any atom is 0.312 e. The smallest absolute Gasteiger partial charge is 0.312 e. The van der Waals surface area contributed by atoms with Gasteiger partial charge in [-0.05, 0) is 18.8 Å². The molecule has 18 heavy (non-hydrogen) atoms. The number of hydrogen-bond donors (Lipinski definition) is 4. The minimum absolute atomic E-state index is 0.0881. The Bertz CT molecular complexity index is 363. The molecule has 1 aliphatic carbocycles. The summed E-state index contributed by atoms with van der Waals surface area (Å²) in [6.45, 7) is 3.62. The molecule has 5 N–H and O–H groups in total. The van der Waals surface area contributed by atoms with Crippen molar-refractivity contribution in [2.24, 2.45) is 17.1 Å². The minimum Gasteiger partial charge on any atom is -0.481 e. The third-order valence-corrected chi connectivity index (χ3v) is 3.16. The maximum absolute atomic E-state index is 11.8. The molecular weight excluding hydrogens is 238 g/mol. The van der Waals surface area contributed by atoms with Crippen molar-refractivity contribution in [3.05, 3.63) is 0 Å². The third-order valence-electron chi connectivity index (χ3n) is 3.16.